The Labute approximate surface area is 121 Å². The molecule has 1 aromatic carbocycles. The van der Waals surface area contributed by atoms with Crippen molar-refractivity contribution < 1.29 is 13.9 Å². The van der Waals surface area contributed by atoms with Gasteiger partial charge in [-0.3, -0.25) is 9.59 Å². The van der Waals surface area contributed by atoms with Crippen LogP contribution >= 0.6 is 0 Å². The van der Waals surface area contributed by atoms with Crippen molar-refractivity contribution in [3.63, 3.8) is 0 Å². The molecule has 0 aliphatic carbocycles. The number of nitrogens with zero attached hydrogens (tertiary/aromatic N) is 1. The lowest BCUT2D eigenvalue weighted by Crippen LogP contribution is -2.25. The van der Waals surface area contributed by atoms with Gasteiger partial charge < -0.3 is 9.30 Å². The van der Waals surface area contributed by atoms with Gasteiger partial charge in [0.1, 0.15) is 5.82 Å². The van der Waals surface area contributed by atoms with E-state index >= 15 is 0 Å². The molecule has 4 nitrogen and oxygen atoms in total. The van der Waals surface area contributed by atoms with Gasteiger partial charge in [-0.1, -0.05) is 6.92 Å². The third-order valence-electron chi connectivity index (χ3n) is 2.93. The minimum absolute atomic E-state index is 0.103. The highest BCUT2D eigenvalue weighted by atomic mass is 19.1. The lowest BCUT2D eigenvalue weighted by Gasteiger charge is -2.08. The first-order valence-corrected chi connectivity index (χ1v) is 6.73. The maximum absolute atomic E-state index is 12.8. The number of aromatic nitrogens is 1. The number of hydrogen-bond donors (Lipinski definition) is 0. The van der Waals surface area contributed by atoms with Crippen LogP contribution in [-0.4, -0.2) is 17.0 Å². The molecule has 0 fully saturated rings. The number of halogens is 1. The van der Waals surface area contributed by atoms with E-state index in [-0.39, 0.29) is 23.6 Å². The zero-order valence-corrected chi connectivity index (χ0v) is 11.7. The van der Waals surface area contributed by atoms with E-state index in [1.54, 1.807) is 12.1 Å². The van der Waals surface area contributed by atoms with Crippen molar-refractivity contribution in [2.24, 2.45) is 0 Å². The molecular weight excluding hydrogens is 273 g/mol. The summed E-state index contributed by atoms with van der Waals surface area (Å²) in [7, 11) is 0. The normalized spacial score (nSPS) is 10.4. The topological polar surface area (TPSA) is 48.3 Å². The molecule has 21 heavy (non-hydrogen) atoms. The molecule has 1 heterocycles. The van der Waals surface area contributed by atoms with Gasteiger partial charge in [0.25, 0.3) is 5.56 Å². The van der Waals surface area contributed by atoms with Crippen LogP contribution in [0.5, 0.6) is 5.75 Å². The average Bonchev–Trinajstić information content (AvgIpc) is 2.49. The quantitative estimate of drug-likeness (QED) is 0.768. The van der Waals surface area contributed by atoms with E-state index in [0.29, 0.717) is 12.2 Å². The van der Waals surface area contributed by atoms with E-state index in [2.05, 4.69) is 0 Å². The van der Waals surface area contributed by atoms with E-state index in [4.69, 9.17) is 4.74 Å². The number of benzene rings is 1. The number of ketones is 1. The third-order valence-corrected chi connectivity index (χ3v) is 2.93. The highest BCUT2D eigenvalue weighted by molar-refractivity contribution is 5.95. The fourth-order valence-electron chi connectivity index (χ4n) is 1.84. The molecule has 0 bridgehead atoms. The monoisotopic (exact) mass is 289 g/mol. The molecule has 2 rings (SSSR count). The number of carbonyl (C=O) groups excluding carboxylic acids is 1. The van der Waals surface area contributed by atoms with Crippen LogP contribution in [0, 0.1) is 5.82 Å². The molecule has 0 atom stereocenters. The summed E-state index contributed by atoms with van der Waals surface area (Å²) in [5.41, 5.74) is 0.0181. The predicted molar refractivity (Wildman–Crippen MR) is 77.2 cm³/mol. The molecule has 110 valence electrons. The first-order valence-electron chi connectivity index (χ1n) is 6.73. The first-order chi connectivity index (χ1) is 10.1. The largest absolute Gasteiger partial charge is 0.488 e. The molecule has 5 heteroatoms. The second-order valence-electron chi connectivity index (χ2n) is 4.58. The van der Waals surface area contributed by atoms with Crippen LogP contribution in [0.25, 0.3) is 0 Å². The summed E-state index contributed by atoms with van der Waals surface area (Å²) in [4.78, 5) is 24.2. The molecular formula is C16H16FNO3. The lowest BCUT2D eigenvalue weighted by atomic mass is 10.1. The van der Waals surface area contributed by atoms with Gasteiger partial charge in [0, 0.05) is 11.8 Å². The Balaban J connectivity index is 2.17. The Morgan fingerprint density at radius 2 is 1.95 bits per heavy atom. The van der Waals surface area contributed by atoms with Crippen LogP contribution < -0.4 is 10.3 Å². The zero-order valence-electron chi connectivity index (χ0n) is 11.7. The number of pyridine rings is 1. The van der Waals surface area contributed by atoms with Gasteiger partial charge in [0.2, 0.25) is 0 Å². The van der Waals surface area contributed by atoms with Crippen molar-refractivity contribution in [3.05, 3.63) is 64.3 Å². The molecule has 0 N–H and O–H groups in total. The van der Waals surface area contributed by atoms with Gasteiger partial charge in [-0.2, -0.15) is 0 Å². The maximum Gasteiger partial charge on any atom is 0.293 e. The van der Waals surface area contributed by atoms with Crippen LogP contribution in [0.1, 0.15) is 23.7 Å². The van der Waals surface area contributed by atoms with Crippen LogP contribution in [0.3, 0.4) is 0 Å². The van der Waals surface area contributed by atoms with E-state index in [0.717, 1.165) is 6.42 Å². The molecule has 0 amide bonds. The Bertz CT molecular complexity index is 677. The summed E-state index contributed by atoms with van der Waals surface area (Å²) in [5, 5.41) is 0. The van der Waals surface area contributed by atoms with Gasteiger partial charge in [-0.25, -0.2) is 4.39 Å². The standard InChI is InChI=1S/C16H16FNO3/c1-2-10-21-15-4-3-9-18(16(15)20)11-14(19)12-5-7-13(17)8-6-12/h3-9H,2,10-11H2,1H3. The van der Waals surface area contributed by atoms with Crippen LogP contribution in [0.4, 0.5) is 4.39 Å². The van der Waals surface area contributed by atoms with Crippen LogP contribution in [0.2, 0.25) is 0 Å². The average molecular weight is 289 g/mol. The molecule has 0 spiro atoms. The Morgan fingerprint density at radius 3 is 2.62 bits per heavy atom. The smallest absolute Gasteiger partial charge is 0.293 e. The number of Topliss-reactive ketones (excluding diaryl/α,β-unsaturated/α-hetero) is 1. The van der Waals surface area contributed by atoms with E-state index in [1.807, 2.05) is 6.92 Å². The molecule has 0 aliphatic heterocycles. The van der Waals surface area contributed by atoms with E-state index in [9.17, 15) is 14.0 Å². The minimum atomic E-state index is -0.404. The van der Waals surface area contributed by atoms with Gasteiger partial charge in [-0.05, 0) is 42.8 Å². The number of carbonyl (C=O) groups is 1. The van der Waals surface area contributed by atoms with Gasteiger partial charge in [0.05, 0.1) is 13.2 Å². The van der Waals surface area contributed by atoms with E-state index in [1.165, 1.54) is 35.0 Å². The van der Waals surface area contributed by atoms with Crippen molar-refractivity contribution in [1.82, 2.24) is 4.57 Å². The third kappa shape index (κ3) is 3.78. The SMILES string of the molecule is CCCOc1cccn(CC(=O)c2ccc(F)cc2)c1=O. The summed E-state index contributed by atoms with van der Waals surface area (Å²) in [6.07, 6.45) is 2.32. The molecule has 0 aliphatic rings. The molecule has 0 radical (unpaired) electrons. The van der Waals surface area contributed by atoms with Gasteiger partial charge in [-0.15, -0.1) is 0 Å². The summed E-state index contributed by atoms with van der Waals surface area (Å²) in [6.45, 7) is 2.29. The van der Waals surface area contributed by atoms with Crippen molar-refractivity contribution in [1.29, 1.82) is 0 Å². The summed E-state index contributed by atoms with van der Waals surface area (Å²) >= 11 is 0. The van der Waals surface area contributed by atoms with Crippen molar-refractivity contribution in [3.8, 4) is 5.75 Å². The number of ether oxygens (including phenoxy) is 1. The Morgan fingerprint density at radius 1 is 1.24 bits per heavy atom. The molecule has 1 aromatic heterocycles. The zero-order chi connectivity index (χ0) is 15.2. The van der Waals surface area contributed by atoms with Crippen molar-refractivity contribution in [2.45, 2.75) is 19.9 Å². The van der Waals surface area contributed by atoms with Crippen LogP contribution in [-0.2, 0) is 6.54 Å². The molecule has 0 unspecified atom stereocenters. The Kier molecular flexibility index (Phi) is 4.87. The fraction of sp³-hybridized carbons (Fsp3) is 0.250. The second kappa shape index (κ2) is 6.83. The van der Waals surface area contributed by atoms with Gasteiger partial charge >= 0.3 is 0 Å². The van der Waals surface area contributed by atoms with Crippen LogP contribution in [0.15, 0.2) is 47.4 Å². The summed E-state index contributed by atoms with van der Waals surface area (Å²) in [5.74, 6) is -0.435. The number of rotatable bonds is 6. The molecule has 0 saturated heterocycles. The summed E-state index contributed by atoms with van der Waals surface area (Å²) in [6, 6.07) is 8.48. The Hall–Kier alpha value is -2.43. The van der Waals surface area contributed by atoms with Crippen molar-refractivity contribution in [2.75, 3.05) is 6.61 Å². The predicted octanol–water partition coefficient (Wildman–Crippen LogP) is 2.66. The highest BCUT2D eigenvalue weighted by Crippen LogP contribution is 2.06. The van der Waals surface area contributed by atoms with E-state index < -0.39 is 5.82 Å². The first kappa shape index (κ1) is 15.0. The summed E-state index contributed by atoms with van der Waals surface area (Å²) < 4.78 is 19.5. The highest BCUT2D eigenvalue weighted by Gasteiger charge is 2.10. The second-order valence-corrected chi connectivity index (χ2v) is 4.58. The maximum atomic E-state index is 12.8. The fourth-order valence-corrected chi connectivity index (χ4v) is 1.84. The molecule has 2 aromatic rings. The van der Waals surface area contributed by atoms with Crippen molar-refractivity contribution >= 4 is 5.78 Å². The van der Waals surface area contributed by atoms with Gasteiger partial charge in [0.15, 0.2) is 11.5 Å². The lowest BCUT2D eigenvalue weighted by molar-refractivity contribution is 0.0970. The number of hydrogen-bond acceptors (Lipinski definition) is 3. The molecule has 0 saturated carbocycles. The minimum Gasteiger partial charge on any atom is -0.488 e.